The number of fused-ring (bicyclic) bond motifs is 3. The number of hydrogen-bond donors (Lipinski definition) is 1. The second kappa shape index (κ2) is 6.90. The molecule has 0 saturated heterocycles. The topological polar surface area (TPSA) is 59.3 Å². The lowest BCUT2D eigenvalue weighted by Crippen LogP contribution is -2.04. The zero-order valence-corrected chi connectivity index (χ0v) is 16.4. The number of Topliss-reactive ketones (excluding diaryl/α,β-unsaturated/α-hetero) is 1. The summed E-state index contributed by atoms with van der Waals surface area (Å²) in [5, 5.41) is 10.7. The number of ketones is 1. The Morgan fingerprint density at radius 1 is 1.21 bits per heavy atom. The number of carbonyl (C=O) groups is 2. The molecule has 7 heteroatoms. The highest BCUT2D eigenvalue weighted by molar-refractivity contribution is 6.42. The van der Waals surface area contributed by atoms with E-state index in [1.807, 2.05) is 4.57 Å². The molecule has 0 saturated carbocycles. The molecule has 1 aromatic heterocycles. The van der Waals surface area contributed by atoms with Crippen molar-refractivity contribution in [3.05, 3.63) is 57.5 Å². The van der Waals surface area contributed by atoms with Crippen LogP contribution >= 0.6 is 23.2 Å². The van der Waals surface area contributed by atoms with Crippen molar-refractivity contribution in [1.29, 1.82) is 0 Å². The molecule has 1 atom stereocenters. The molecule has 28 heavy (non-hydrogen) atoms. The normalized spacial score (nSPS) is 15.8. The minimum absolute atomic E-state index is 0.0392. The van der Waals surface area contributed by atoms with Crippen LogP contribution in [0.25, 0.3) is 22.0 Å². The standard InChI is InChI=1S/C21H16Cl2FNO3/c1-10(26)14-8-13(24)9-17-20(14)19(11-2-3-15(22)16(23)6-11)21-12(7-18(27)28)4-5-25(17)21/h2-3,6,8-9,12H,4-5,7H2,1H3,(H,27,28). The van der Waals surface area contributed by atoms with Gasteiger partial charge in [-0.05, 0) is 43.2 Å². The van der Waals surface area contributed by atoms with Gasteiger partial charge < -0.3 is 9.67 Å². The number of aromatic nitrogens is 1. The van der Waals surface area contributed by atoms with Crippen molar-refractivity contribution in [3.8, 4) is 11.1 Å². The van der Waals surface area contributed by atoms with Crippen molar-refractivity contribution in [3.63, 3.8) is 0 Å². The first-order valence-electron chi connectivity index (χ1n) is 8.81. The Kier molecular flexibility index (Phi) is 4.68. The molecule has 4 nitrogen and oxygen atoms in total. The van der Waals surface area contributed by atoms with E-state index >= 15 is 0 Å². The van der Waals surface area contributed by atoms with Crippen LogP contribution in [0.4, 0.5) is 4.39 Å². The number of nitrogens with zero attached hydrogens (tertiary/aromatic N) is 1. The van der Waals surface area contributed by atoms with Gasteiger partial charge in [0, 0.05) is 34.7 Å². The molecule has 1 unspecified atom stereocenters. The molecule has 0 spiro atoms. The van der Waals surface area contributed by atoms with Gasteiger partial charge in [0.2, 0.25) is 0 Å². The third kappa shape index (κ3) is 2.99. The number of aryl methyl sites for hydroxylation is 1. The van der Waals surface area contributed by atoms with E-state index in [1.54, 1.807) is 18.2 Å². The fraction of sp³-hybridized carbons (Fsp3) is 0.238. The summed E-state index contributed by atoms with van der Waals surface area (Å²) in [5.74, 6) is -1.90. The van der Waals surface area contributed by atoms with Crippen molar-refractivity contribution in [2.75, 3.05) is 0 Å². The predicted octanol–water partition coefficient (Wildman–Crippen LogP) is 5.92. The van der Waals surface area contributed by atoms with E-state index in [0.29, 0.717) is 33.9 Å². The smallest absolute Gasteiger partial charge is 0.304 e. The van der Waals surface area contributed by atoms with Crippen LogP contribution in [-0.4, -0.2) is 21.4 Å². The highest BCUT2D eigenvalue weighted by Gasteiger charge is 2.33. The number of halogens is 3. The van der Waals surface area contributed by atoms with Crippen LogP contribution in [0.15, 0.2) is 30.3 Å². The lowest BCUT2D eigenvalue weighted by molar-refractivity contribution is -0.137. The summed E-state index contributed by atoms with van der Waals surface area (Å²) in [4.78, 5) is 23.7. The average molecular weight is 420 g/mol. The van der Waals surface area contributed by atoms with Crippen molar-refractivity contribution < 1.29 is 19.1 Å². The second-order valence-electron chi connectivity index (χ2n) is 7.03. The Morgan fingerprint density at radius 2 is 1.96 bits per heavy atom. The van der Waals surface area contributed by atoms with E-state index in [9.17, 15) is 19.1 Å². The van der Waals surface area contributed by atoms with Gasteiger partial charge in [0.1, 0.15) is 5.82 Å². The predicted molar refractivity (Wildman–Crippen MR) is 107 cm³/mol. The third-order valence-corrected chi connectivity index (χ3v) is 6.01. The average Bonchev–Trinajstić information content (AvgIpc) is 3.15. The van der Waals surface area contributed by atoms with Gasteiger partial charge in [-0.2, -0.15) is 0 Å². The number of carbonyl (C=O) groups excluding carboxylic acids is 1. The summed E-state index contributed by atoms with van der Waals surface area (Å²) in [7, 11) is 0. The number of benzene rings is 2. The molecule has 1 aliphatic heterocycles. The van der Waals surface area contributed by atoms with E-state index in [0.717, 1.165) is 16.8 Å². The number of carboxylic acids is 1. The molecule has 0 amide bonds. The summed E-state index contributed by atoms with van der Waals surface area (Å²) >= 11 is 12.3. The number of rotatable bonds is 4. The Balaban J connectivity index is 2.12. The van der Waals surface area contributed by atoms with Crippen LogP contribution < -0.4 is 0 Å². The van der Waals surface area contributed by atoms with Crippen LogP contribution in [0.5, 0.6) is 0 Å². The lowest BCUT2D eigenvalue weighted by Gasteiger charge is -2.12. The third-order valence-electron chi connectivity index (χ3n) is 5.27. The van der Waals surface area contributed by atoms with Gasteiger partial charge in [-0.25, -0.2) is 4.39 Å². The molecular weight excluding hydrogens is 404 g/mol. The molecule has 1 aliphatic rings. The molecule has 0 aliphatic carbocycles. The van der Waals surface area contributed by atoms with Gasteiger partial charge in [0.15, 0.2) is 5.78 Å². The summed E-state index contributed by atoms with van der Waals surface area (Å²) in [5.41, 5.74) is 3.10. The maximum absolute atomic E-state index is 14.3. The minimum atomic E-state index is -0.901. The fourth-order valence-corrected chi connectivity index (χ4v) is 4.48. The van der Waals surface area contributed by atoms with E-state index < -0.39 is 11.8 Å². The zero-order valence-electron chi connectivity index (χ0n) is 14.9. The first-order valence-corrected chi connectivity index (χ1v) is 9.57. The lowest BCUT2D eigenvalue weighted by atomic mass is 9.90. The SMILES string of the molecule is CC(=O)c1cc(F)cc2c1c(-c1ccc(Cl)c(Cl)c1)c1n2CCC1CC(=O)O. The van der Waals surface area contributed by atoms with E-state index in [2.05, 4.69) is 0 Å². The quantitative estimate of drug-likeness (QED) is 0.533. The zero-order chi connectivity index (χ0) is 20.2. The molecular formula is C21H16Cl2FNO3. The Bertz CT molecular complexity index is 1150. The van der Waals surface area contributed by atoms with Gasteiger partial charge in [-0.3, -0.25) is 9.59 Å². The minimum Gasteiger partial charge on any atom is -0.481 e. The number of hydrogen-bond acceptors (Lipinski definition) is 2. The van der Waals surface area contributed by atoms with Crippen LogP contribution in [0.1, 0.15) is 41.7 Å². The summed E-state index contributed by atoms with van der Waals surface area (Å²) in [6, 6.07) is 7.77. The molecule has 4 rings (SSSR count). The molecule has 0 bridgehead atoms. The summed E-state index contributed by atoms with van der Waals surface area (Å²) < 4.78 is 16.2. The first-order chi connectivity index (χ1) is 13.3. The molecule has 144 valence electrons. The molecule has 0 radical (unpaired) electrons. The second-order valence-corrected chi connectivity index (χ2v) is 7.84. The van der Waals surface area contributed by atoms with Gasteiger partial charge in [-0.1, -0.05) is 29.3 Å². The van der Waals surface area contributed by atoms with Crippen LogP contribution in [0.2, 0.25) is 10.0 Å². The van der Waals surface area contributed by atoms with Gasteiger partial charge >= 0.3 is 5.97 Å². The van der Waals surface area contributed by atoms with Crippen molar-refractivity contribution in [2.45, 2.75) is 32.2 Å². The van der Waals surface area contributed by atoms with Crippen LogP contribution in [0.3, 0.4) is 0 Å². The molecule has 2 heterocycles. The maximum Gasteiger partial charge on any atom is 0.304 e. The van der Waals surface area contributed by atoms with Crippen molar-refractivity contribution in [2.24, 2.45) is 0 Å². The van der Waals surface area contributed by atoms with Gasteiger partial charge in [0.05, 0.1) is 22.0 Å². The van der Waals surface area contributed by atoms with E-state index in [1.165, 1.54) is 19.1 Å². The highest BCUT2D eigenvalue weighted by atomic mass is 35.5. The maximum atomic E-state index is 14.3. The summed E-state index contributed by atoms with van der Waals surface area (Å²) in [6.07, 6.45) is 0.598. The number of aliphatic carboxylic acids is 1. The van der Waals surface area contributed by atoms with Crippen molar-refractivity contribution >= 4 is 45.9 Å². The Morgan fingerprint density at radius 3 is 2.61 bits per heavy atom. The van der Waals surface area contributed by atoms with Crippen LogP contribution in [-0.2, 0) is 11.3 Å². The van der Waals surface area contributed by atoms with Crippen molar-refractivity contribution in [1.82, 2.24) is 4.57 Å². The Labute approximate surface area is 170 Å². The monoisotopic (exact) mass is 419 g/mol. The Hall–Kier alpha value is -2.37. The van der Waals surface area contributed by atoms with E-state index in [-0.39, 0.29) is 23.7 Å². The van der Waals surface area contributed by atoms with E-state index in [4.69, 9.17) is 23.2 Å². The number of carboxylic acid groups (broad SMARTS) is 1. The molecule has 2 aromatic carbocycles. The van der Waals surface area contributed by atoms with Gasteiger partial charge in [-0.15, -0.1) is 0 Å². The molecule has 1 N–H and O–H groups in total. The summed E-state index contributed by atoms with van der Waals surface area (Å²) in [6.45, 7) is 1.95. The molecule has 0 fully saturated rings. The largest absolute Gasteiger partial charge is 0.481 e. The van der Waals surface area contributed by atoms with Crippen LogP contribution in [0, 0.1) is 5.82 Å². The fourth-order valence-electron chi connectivity index (χ4n) is 4.18. The highest BCUT2D eigenvalue weighted by Crippen LogP contribution is 2.47. The molecule has 3 aromatic rings. The van der Waals surface area contributed by atoms with Gasteiger partial charge in [0.25, 0.3) is 0 Å². The first kappa shape index (κ1) is 19.0.